The van der Waals surface area contributed by atoms with E-state index in [2.05, 4.69) is 84.6 Å². The van der Waals surface area contributed by atoms with Crippen molar-refractivity contribution in [3.05, 3.63) is 111 Å². The zero-order valence-corrected chi connectivity index (χ0v) is 16.1. The molecule has 2 rings (SSSR count). The summed E-state index contributed by atoms with van der Waals surface area (Å²) in [5.41, 5.74) is 1.89. The molecule has 0 fully saturated rings. The average molecular weight is 359 g/mol. The summed E-state index contributed by atoms with van der Waals surface area (Å²) >= 11 is 0. The minimum absolute atomic E-state index is 0.366. The largest absolute Gasteiger partial charge is 0.322 e. The van der Waals surface area contributed by atoms with Crippen LogP contribution in [0.25, 0.3) is 0 Å². The molecular formula is C25H30N2. The van der Waals surface area contributed by atoms with Crippen LogP contribution >= 0.6 is 0 Å². The molecule has 0 spiro atoms. The van der Waals surface area contributed by atoms with Gasteiger partial charge < -0.3 is 4.90 Å². The van der Waals surface area contributed by atoms with E-state index in [0.717, 1.165) is 37.3 Å². The Morgan fingerprint density at radius 3 is 1.37 bits per heavy atom. The molecule has 0 heterocycles. The first-order valence-electron chi connectivity index (χ1n) is 9.32. The van der Waals surface area contributed by atoms with Crippen LogP contribution in [0.1, 0.15) is 12.8 Å². The summed E-state index contributed by atoms with van der Waals surface area (Å²) in [6.45, 7) is 17.6. The van der Waals surface area contributed by atoms with Gasteiger partial charge >= 0.3 is 0 Å². The van der Waals surface area contributed by atoms with E-state index in [9.17, 15) is 0 Å². The Labute approximate surface area is 164 Å². The first-order valence-corrected chi connectivity index (χ1v) is 9.32. The Kier molecular flexibility index (Phi) is 7.84. The Bertz CT molecular complexity index is 674. The highest BCUT2D eigenvalue weighted by Gasteiger charge is 2.40. The summed E-state index contributed by atoms with van der Waals surface area (Å²) in [6, 6.07) is 21.0. The van der Waals surface area contributed by atoms with Crippen molar-refractivity contribution in [2.75, 3.05) is 18.0 Å². The zero-order valence-electron chi connectivity index (χ0n) is 16.1. The van der Waals surface area contributed by atoms with Crippen molar-refractivity contribution in [2.24, 2.45) is 0 Å². The third-order valence-electron chi connectivity index (χ3n) is 4.68. The maximum absolute atomic E-state index is 4.06. The second-order valence-corrected chi connectivity index (χ2v) is 6.46. The highest BCUT2D eigenvalue weighted by molar-refractivity contribution is 5.66. The van der Waals surface area contributed by atoms with E-state index in [0.29, 0.717) is 0 Å². The number of hydrogen-bond donors (Lipinski definition) is 0. The molecular weight excluding hydrogens is 328 g/mol. The van der Waals surface area contributed by atoms with Crippen molar-refractivity contribution < 1.29 is 0 Å². The lowest BCUT2D eigenvalue weighted by Gasteiger charge is -2.51. The molecule has 0 atom stereocenters. The van der Waals surface area contributed by atoms with Crippen LogP contribution in [-0.4, -0.2) is 23.7 Å². The van der Waals surface area contributed by atoms with Gasteiger partial charge in [0.25, 0.3) is 0 Å². The van der Waals surface area contributed by atoms with Crippen LogP contribution in [0.3, 0.4) is 0 Å². The number of nitrogens with zero attached hydrogens (tertiary/aromatic N) is 2. The molecule has 2 aromatic carbocycles. The van der Waals surface area contributed by atoms with Gasteiger partial charge in [-0.15, -0.1) is 26.3 Å². The summed E-state index contributed by atoms with van der Waals surface area (Å²) < 4.78 is 0. The van der Waals surface area contributed by atoms with E-state index in [4.69, 9.17) is 0 Å². The molecule has 27 heavy (non-hydrogen) atoms. The van der Waals surface area contributed by atoms with Gasteiger partial charge in [0.1, 0.15) is 5.66 Å². The number of hydrogen-bond acceptors (Lipinski definition) is 2. The minimum Gasteiger partial charge on any atom is -0.322 e. The lowest BCUT2D eigenvalue weighted by Crippen LogP contribution is -2.59. The van der Waals surface area contributed by atoms with Gasteiger partial charge in [0.2, 0.25) is 0 Å². The molecule has 0 radical (unpaired) electrons. The van der Waals surface area contributed by atoms with Crippen molar-refractivity contribution in [1.82, 2.24) is 4.90 Å². The average Bonchev–Trinajstić information content (AvgIpc) is 2.70. The van der Waals surface area contributed by atoms with Crippen molar-refractivity contribution >= 4 is 11.4 Å². The van der Waals surface area contributed by atoms with Gasteiger partial charge in [0.15, 0.2) is 0 Å². The monoisotopic (exact) mass is 358 g/mol. The smallest absolute Gasteiger partial charge is 0.106 e. The fourth-order valence-corrected chi connectivity index (χ4v) is 3.64. The van der Waals surface area contributed by atoms with E-state index < -0.39 is 0 Å². The molecule has 2 aromatic rings. The first-order chi connectivity index (χ1) is 13.2. The molecule has 0 saturated carbocycles. The van der Waals surface area contributed by atoms with Crippen LogP contribution in [0, 0.1) is 0 Å². The molecule has 2 nitrogen and oxygen atoms in total. The SMILES string of the molecule is C=CCN(CC=C)C(CC=C)(CC=C)N(c1ccccc1)c1ccccc1. The van der Waals surface area contributed by atoms with Crippen LogP contribution in [0.15, 0.2) is 111 Å². The van der Waals surface area contributed by atoms with Crippen LogP contribution in [0.2, 0.25) is 0 Å². The Hall–Kier alpha value is -2.84. The molecule has 0 aromatic heterocycles. The molecule has 0 aliphatic rings. The lowest BCUT2D eigenvalue weighted by atomic mass is 9.94. The van der Waals surface area contributed by atoms with Gasteiger partial charge in [-0.3, -0.25) is 4.90 Å². The van der Waals surface area contributed by atoms with Crippen molar-refractivity contribution in [1.29, 1.82) is 0 Å². The predicted molar refractivity (Wildman–Crippen MR) is 119 cm³/mol. The van der Waals surface area contributed by atoms with Crippen LogP contribution in [-0.2, 0) is 0 Å². The molecule has 0 saturated heterocycles. The number of benzene rings is 2. The maximum Gasteiger partial charge on any atom is 0.106 e. The fourth-order valence-electron chi connectivity index (χ4n) is 3.64. The first kappa shape index (κ1) is 20.5. The van der Waals surface area contributed by atoms with Crippen LogP contribution < -0.4 is 4.90 Å². The maximum atomic E-state index is 4.06. The minimum atomic E-state index is -0.366. The highest BCUT2D eigenvalue weighted by Crippen LogP contribution is 2.40. The molecule has 0 amide bonds. The number of rotatable bonds is 12. The van der Waals surface area contributed by atoms with Gasteiger partial charge in [0.05, 0.1) is 0 Å². The summed E-state index contributed by atoms with van der Waals surface area (Å²) in [5.74, 6) is 0. The van der Waals surface area contributed by atoms with Crippen molar-refractivity contribution in [2.45, 2.75) is 18.5 Å². The second kappa shape index (κ2) is 10.3. The van der Waals surface area contributed by atoms with E-state index in [1.165, 1.54) is 0 Å². The van der Waals surface area contributed by atoms with E-state index in [1.54, 1.807) is 0 Å². The normalized spacial score (nSPS) is 11.0. The summed E-state index contributed by atoms with van der Waals surface area (Å²) in [4.78, 5) is 4.78. The zero-order chi connectivity index (χ0) is 19.5. The molecule has 0 N–H and O–H groups in total. The van der Waals surface area contributed by atoms with Crippen LogP contribution in [0.4, 0.5) is 11.4 Å². The number of para-hydroxylation sites is 2. The van der Waals surface area contributed by atoms with Gasteiger partial charge in [-0.05, 0) is 24.3 Å². The number of anilines is 2. The summed E-state index contributed by atoms with van der Waals surface area (Å²) in [6.07, 6.45) is 9.40. The quantitative estimate of drug-likeness (QED) is 0.322. The molecule has 0 unspecified atom stereocenters. The molecule has 140 valence electrons. The Balaban J connectivity index is 2.75. The van der Waals surface area contributed by atoms with Gasteiger partial charge in [-0.25, -0.2) is 0 Å². The van der Waals surface area contributed by atoms with E-state index in [1.807, 2.05) is 36.4 Å². The molecule has 0 aliphatic carbocycles. The fraction of sp³-hybridized carbons (Fsp3) is 0.200. The molecule has 0 bridgehead atoms. The lowest BCUT2D eigenvalue weighted by molar-refractivity contribution is 0.125. The van der Waals surface area contributed by atoms with E-state index in [-0.39, 0.29) is 5.66 Å². The third-order valence-corrected chi connectivity index (χ3v) is 4.68. The van der Waals surface area contributed by atoms with Gasteiger partial charge in [-0.1, -0.05) is 60.7 Å². The van der Waals surface area contributed by atoms with Gasteiger partial charge in [-0.2, -0.15) is 0 Å². The van der Waals surface area contributed by atoms with Crippen molar-refractivity contribution in [3.8, 4) is 0 Å². The summed E-state index contributed by atoms with van der Waals surface area (Å²) in [5, 5.41) is 0. The van der Waals surface area contributed by atoms with E-state index >= 15 is 0 Å². The highest BCUT2D eigenvalue weighted by atomic mass is 15.4. The topological polar surface area (TPSA) is 6.48 Å². The predicted octanol–water partition coefficient (Wildman–Crippen LogP) is 6.35. The van der Waals surface area contributed by atoms with Crippen LogP contribution in [0.5, 0.6) is 0 Å². The molecule has 0 aliphatic heterocycles. The Morgan fingerprint density at radius 1 is 0.630 bits per heavy atom. The summed E-state index contributed by atoms with van der Waals surface area (Å²) in [7, 11) is 0. The molecule has 2 heteroatoms. The third kappa shape index (κ3) is 4.66. The standard InChI is InChI=1S/C25H30N2/c1-5-19-25(20-6-2,26(21-7-3)22-8-4)27(23-15-11-9-12-16-23)24-17-13-10-14-18-24/h5-18H,1-4,19-22H2. The van der Waals surface area contributed by atoms with Crippen molar-refractivity contribution in [3.63, 3.8) is 0 Å². The second-order valence-electron chi connectivity index (χ2n) is 6.46. The Morgan fingerprint density at radius 2 is 1.04 bits per heavy atom. The van der Waals surface area contributed by atoms with Gasteiger partial charge in [0, 0.05) is 37.3 Å².